The summed E-state index contributed by atoms with van der Waals surface area (Å²) in [6.07, 6.45) is 4.80. The normalized spacial score (nSPS) is 21.8. The van der Waals surface area contributed by atoms with Crippen molar-refractivity contribution in [1.82, 2.24) is 5.32 Å². The van der Waals surface area contributed by atoms with Gasteiger partial charge < -0.3 is 15.8 Å². The average Bonchev–Trinajstić information content (AvgIpc) is 2.78. The maximum atomic E-state index is 11.8. The monoisotopic (exact) mass is 242 g/mol. The van der Waals surface area contributed by atoms with Crippen LogP contribution in [0.3, 0.4) is 0 Å². The molecule has 0 spiro atoms. The Balaban J connectivity index is 2.21. The molecule has 1 heterocycles. The molecule has 2 unspecified atom stereocenters. The number of rotatable bonds is 7. The van der Waals surface area contributed by atoms with Crippen LogP contribution in [0.25, 0.3) is 0 Å². The zero-order valence-electron chi connectivity index (χ0n) is 11.1. The van der Waals surface area contributed by atoms with Gasteiger partial charge in [-0.15, -0.1) is 0 Å². The summed E-state index contributed by atoms with van der Waals surface area (Å²) in [6, 6.07) is 0.206. The Morgan fingerprint density at radius 1 is 1.53 bits per heavy atom. The number of hydrogen-bond donors (Lipinski definition) is 2. The van der Waals surface area contributed by atoms with Gasteiger partial charge in [-0.05, 0) is 38.1 Å². The minimum Gasteiger partial charge on any atom is -0.378 e. The van der Waals surface area contributed by atoms with E-state index in [9.17, 15) is 4.79 Å². The SMILES string of the molecule is CC(C)C(CCN)NC(=O)CCC1CCCO1. The van der Waals surface area contributed by atoms with Crippen LogP contribution < -0.4 is 11.1 Å². The highest BCUT2D eigenvalue weighted by molar-refractivity contribution is 5.76. The van der Waals surface area contributed by atoms with Gasteiger partial charge in [-0.3, -0.25) is 4.79 Å². The molecular weight excluding hydrogens is 216 g/mol. The highest BCUT2D eigenvalue weighted by atomic mass is 16.5. The van der Waals surface area contributed by atoms with Gasteiger partial charge in [0.25, 0.3) is 0 Å². The maximum Gasteiger partial charge on any atom is 0.220 e. The van der Waals surface area contributed by atoms with Crippen LogP contribution in [0.2, 0.25) is 0 Å². The van der Waals surface area contributed by atoms with Gasteiger partial charge in [-0.1, -0.05) is 13.8 Å². The lowest BCUT2D eigenvalue weighted by molar-refractivity contribution is -0.122. The quantitative estimate of drug-likeness (QED) is 0.710. The molecule has 0 aromatic carbocycles. The number of hydrogen-bond acceptors (Lipinski definition) is 3. The molecule has 1 fully saturated rings. The van der Waals surface area contributed by atoms with Gasteiger partial charge in [-0.25, -0.2) is 0 Å². The van der Waals surface area contributed by atoms with Crippen molar-refractivity contribution in [2.45, 2.75) is 58.1 Å². The van der Waals surface area contributed by atoms with Crippen molar-refractivity contribution >= 4 is 5.91 Å². The number of ether oxygens (including phenoxy) is 1. The molecule has 1 rings (SSSR count). The molecule has 100 valence electrons. The Kier molecular flexibility index (Phi) is 6.52. The van der Waals surface area contributed by atoms with Gasteiger partial charge in [0.15, 0.2) is 0 Å². The Bertz CT molecular complexity index is 225. The molecule has 2 atom stereocenters. The fourth-order valence-electron chi connectivity index (χ4n) is 2.19. The Labute approximate surface area is 104 Å². The third-order valence-corrected chi connectivity index (χ3v) is 3.35. The van der Waals surface area contributed by atoms with Crippen molar-refractivity contribution in [1.29, 1.82) is 0 Å². The summed E-state index contributed by atoms with van der Waals surface area (Å²) < 4.78 is 5.50. The topological polar surface area (TPSA) is 64.3 Å². The van der Waals surface area contributed by atoms with Crippen molar-refractivity contribution in [3.63, 3.8) is 0 Å². The van der Waals surface area contributed by atoms with Gasteiger partial charge in [0.1, 0.15) is 0 Å². The highest BCUT2D eigenvalue weighted by Crippen LogP contribution is 2.16. The van der Waals surface area contributed by atoms with Crippen LogP contribution in [-0.2, 0) is 9.53 Å². The maximum absolute atomic E-state index is 11.8. The van der Waals surface area contributed by atoms with E-state index in [1.54, 1.807) is 0 Å². The lowest BCUT2D eigenvalue weighted by atomic mass is 10.0. The molecular formula is C13H26N2O2. The molecule has 1 aliphatic rings. The molecule has 0 aliphatic carbocycles. The fourth-order valence-corrected chi connectivity index (χ4v) is 2.19. The number of amides is 1. The van der Waals surface area contributed by atoms with Crippen LogP contribution in [0.15, 0.2) is 0 Å². The molecule has 17 heavy (non-hydrogen) atoms. The summed E-state index contributed by atoms with van der Waals surface area (Å²) in [5, 5.41) is 3.07. The predicted octanol–water partition coefficient (Wildman–Crippen LogP) is 1.44. The van der Waals surface area contributed by atoms with Gasteiger partial charge in [0.05, 0.1) is 6.10 Å². The van der Waals surface area contributed by atoms with Crippen LogP contribution in [0.1, 0.15) is 46.0 Å². The molecule has 0 aromatic heterocycles. The first-order valence-electron chi connectivity index (χ1n) is 6.74. The van der Waals surface area contributed by atoms with Crippen LogP contribution >= 0.6 is 0 Å². The molecule has 1 aliphatic heterocycles. The first-order chi connectivity index (χ1) is 8.13. The van der Waals surface area contributed by atoms with Crippen molar-refractivity contribution in [3.05, 3.63) is 0 Å². The second kappa shape index (κ2) is 7.67. The van der Waals surface area contributed by atoms with E-state index < -0.39 is 0 Å². The number of carbonyl (C=O) groups is 1. The van der Waals surface area contributed by atoms with E-state index in [1.807, 2.05) is 0 Å². The zero-order valence-corrected chi connectivity index (χ0v) is 11.1. The Hall–Kier alpha value is -0.610. The molecule has 1 saturated heterocycles. The van der Waals surface area contributed by atoms with Crippen LogP contribution in [0.5, 0.6) is 0 Å². The van der Waals surface area contributed by atoms with Crippen molar-refractivity contribution < 1.29 is 9.53 Å². The van der Waals surface area contributed by atoms with E-state index in [0.29, 0.717) is 25.0 Å². The van der Waals surface area contributed by atoms with Crippen molar-refractivity contribution in [2.24, 2.45) is 11.7 Å². The summed E-state index contributed by atoms with van der Waals surface area (Å²) in [4.78, 5) is 11.8. The summed E-state index contributed by atoms with van der Waals surface area (Å²) in [5.74, 6) is 0.567. The smallest absolute Gasteiger partial charge is 0.220 e. The summed E-state index contributed by atoms with van der Waals surface area (Å²) >= 11 is 0. The molecule has 0 aromatic rings. The molecule has 0 saturated carbocycles. The molecule has 0 bridgehead atoms. The number of carbonyl (C=O) groups excluding carboxylic acids is 1. The lowest BCUT2D eigenvalue weighted by Gasteiger charge is -2.22. The minimum atomic E-state index is 0.132. The third kappa shape index (κ3) is 5.50. The molecule has 3 N–H and O–H groups in total. The summed E-state index contributed by atoms with van der Waals surface area (Å²) in [5.41, 5.74) is 5.55. The first kappa shape index (κ1) is 14.5. The van der Waals surface area contributed by atoms with E-state index >= 15 is 0 Å². The largest absolute Gasteiger partial charge is 0.378 e. The van der Waals surface area contributed by atoms with Crippen LogP contribution in [-0.4, -0.2) is 31.2 Å². The van der Waals surface area contributed by atoms with E-state index in [2.05, 4.69) is 19.2 Å². The predicted molar refractivity (Wildman–Crippen MR) is 68.6 cm³/mol. The van der Waals surface area contributed by atoms with Crippen molar-refractivity contribution in [2.75, 3.05) is 13.2 Å². The van der Waals surface area contributed by atoms with Gasteiger partial charge in [0.2, 0.25) is 5.91 Å². The fraction of sp³-hybridized carbons (Fsp3) is 0.923. The van der Waals surface area contributed by atoms with Crippen LogP contribution in [0, 0.1) is 5.92 Å². The van der Waals surface area contributed by atoms with Crippen LogP contribution in [0.4, 0.5) is 0 Å². The summed E-state index contributed by atoms with van der Waals surface area (Å²) in [6.45, 7) is 5.70. The third-order valence-electron chi connectivity index (χ3n) is 3.35. The molecule has 4 heteroatoms. The second-order valence-corrected chi connectivity index (χ2v) is 5.17. The van der Waals surface area contributed by atoms with E-state index in [0.717, 1.165) is 32.3 Å². The number of nitrogens with one attached hydrogen (secondary N) is 1. The van der Waals surface area contributed by atoms with Gasteiger partial charge in [0, 0.05) is 19.1 Å². The van der Waals surface area contributed by atoms with E-state index in [-0.39, 0.29) is 11.9 Å². The minimum absolute atomic E-state index is 0.132. The standard InChI is InChI=1S/C13H26N2O2/c1-10(2)12(7-8-14)15-13(16)6-5-11-4-3-9-17-11/h10-12H,3-9,14H2,1-2H3,(H,15,16). The second-order valence-electron chi connectivity index (χ2n) is 5.17. The highest BCUT2D eigenvalue weighted by Gasteiger charge is 2.19. The zero-order chi connectivity index (χ0) is 12.7. The Morgan fingerprint density at radius 2 is 2.29 bits per heavy atom. The lowest BCUT2D eigenvalue weighted by Crippen LogP contribution is -2.40. The van der Waals surface area contributed by atoms with E-state index in [4.69, 9.17) is 10.5 Å². The first-order valence-corrected chi connectivity index (χ1v) is 6.74. The molecule has 4 nitrogen and oxygen atoms in total. The molecule has 1 amide bonds. The number of nitrogens with two attached hydrogens (primary N) is 1. The van der Waals surface area contributed by atoms with E-state index in [1.165, 1.54) is 0 Å². The van der Waals surface area contributed by atoms with Gasteiger partial charge >= 0.3 is 0 Å². The molecule has 0 radical (unpaired) electrons. The average molecular weight is 242 g/mol. The Morgan fingerprint density at radius 3 is 2.82 bits per heavy atom. The van der Waals surface area contributed by atoms with Gasteiger partial charge in [-0.2, -0.15) is 0 Å². The van der Waals surface area contributed by atoms with Crippen molar-refractivity contribution in [3.8, 4) is 0 Å². The summed E-state index contributed by atoms with van der Waals surface area (Å²) in [7, 11) is 0.